The summed E-state index contributed by atoms with van der Waals surface area (Å²) in [5.74, 6) is -0.869. The number of aryl methyl sites for hydroxylation is 1. The fraction of sp³-hybridized carbons (Fsp3) is 0.333. The summed E-state index contributed by atoms with van der Waals surface area (Å²) in [5, 5.41) is 11.6. The second-order valence-corrected chi connectivity index (χ2v) is 7.76. The molecule has 0 spiro atoms. The highest BCUT2D eigenvalue weighted by molar-refractivity contribution is 6.30. The second kappa shape index (κ2) is 8.74. The van der Waals surface area contributed by atoms with Crippen molar-refractivity contribution < 1.29 is 14.7 Å². The van der Waals surface area contributed by atoms with Crippen LogP contribution in [0.5, 0.6) is 0 Å². The topological polar surface area (TPSA) is 54.4 Å². The maximum atomic E-state index is 13.0. The van der Waals surface area contributed by atoms with Crippen LogP contribution in [0.2, 0.25) is 5.02 Å². The van der Waals surface area contributed by atoms with Gasteiger partial charge in [0.25, 0.3) is 0 Å². The van der Waals surface area contributed by atoms with Gasteiger partial charge in [-0.3, -0.25) is 9.59 Å². The Morgan fingerprint density at radius 2 is 1.79 bits per heavy atom. The summed E-state index contributed by atoms with van der Waals surface area (Å²) >= 11 is 6.00. The van der Waals surface area contributed by atoms with Gasteiger partial charge in [0, 0.05) is 11.4 Å². The first-order chi connectivity index (χ1) is 13.4. The number of rotatable bonds is 4. The molecule has 1 N–H and O–H groups in total. The largest absolute Gasteiger partial charge is 0.511 e. The Morgan fingerprint density at radius 1 is 1.11 bits per heavy atom. The van der Waals surface area contributed by atoms with Crippen LogP contribution in [0.1, 0.15) is 50.7 Å². The van der Waals surface area contributed by atoms with E-state index in [1.54, 1.807) is 0 Å². The van der Waals surface area contributed by atoms with Crippen LogP contribution in [0.15, 0.2) is 48.2 Å². The lowest BCUT2D eigenvalue weighted by Crippen LogP contribution is -2.20. The zero-order chi connectivity index (χ0) is 20.3. The van der Waals surface area contributed by atoms with Crippen LogP contribution in [0.4, 0.5) is 0 Å². The van der Waals surface area contributed by atoms with Gasteiger partial charge in [0.15, 0.2) is 5.78 Å². The van der Waals surface area contributed by atoms with Gasteiger partial charge in [-0.25, -0.2) is 0 Å². The molecular formula is C24H25ClO3. The Morgan fingerprint density at radius 3 is 2.43 bits per heavy atom. The van der Waals surface area contributed by atoms with Crippen LogP contribution < -0.4 is 0 Å². The van der Waals surface area contributed by atoms with Gasteiger partial charge in [-0.2, -0.15) is 0 Å². The smallest absolute Gasteiger partial charge is 0.166 e. The molecule has 0 saturated heterocycles. The number of benzene rings is 2. The molecule has 0 bridgehead atoms. The van der Waals surface area contributed by atoms with Gasteiger partial charge in [0.05, 0.1) is 11.5 Å². The Kier molecular flexibility index (Phi) is 6.35. The van der Waals surface area contributed by atoms with Gasteiger partial charge < -0.3 is 5.11 Å². The summed E-state index contributed by atoms with van der Waals surface area (Å²) in [5.41, 5.74) is 3.95. The molecule has 1 aliphatic rings. The van der Waals surface area contributed by atoms with E-state index in [0.717, 1.165) is 41.5 Å². The minimum absolute atomic E-state index is 0.0693. The van der Waals surface area contributed by atoms with Crippen molar-refractivity contribution in [2.24, 2.45) is 5.92 Å². The van der Waals surface area contributed by atoms with Crippen molar-refractivity contribution in [1.82, 2.24) is 0 Å². The van der Waals surface area contributed by atoms with E-state index >= 15 is 0 Å². The van der Waals surface area contributed by atoms with Crippen molar-refractivity contribution in [3.63, 3.8) is 0 Å². The van der Waals surface area contributed by atoms with E-state index in [4.69, 9.17) is 11.6 Å². The van der Waals surface area contributed by atoms with E-state index < -0.39 is 5.92 Å². The number of hydrogen-bond donors (Lipinski definition) is 1. The molecule has 2 aromatic carbocycles. The van der Waals surface area contributed by atoms with E-state index in [9.17, 15) is 14.7 Å². The van der Waals surface area contributed by atoms with Crippen molar-refractivity contribution in [3.8, 4) is 11.1 Å². The van der Waals surface area contributed by atoms with E-state index in [2.05, 4.69) is 0 Å². The molecule has 0 aromatic heterocycles. The normalized spacial score (nSPS) is 18.0. The average Bonchev–Trinajstić information content (AvgIpc) is 2.67. The predicted octanol–water partition coefficient (Wildman–Crippen LogP) is 6.19. The monoisotopic (exact) mass is 396 g/mol. The standard InChI is InChI=1S/C24H25ClO3/c1-3-16-8-9-18(17-10-12-19(25)13-11-17)14-21(16)23-22(27)7-5-4-6-20(15(2)26)24(23)28/h8-14,20,28H,3-7H2,1-2H3. The summed E-state index contributed by atoms with van der Waals surface area (Å²) in [6.45, 7) is 3.50. The third-order valence-corrected chi connectivity index (χ3v) is 5.69. The first-order valence-electron chi connectivity index (χ1n) is 9.78. The zero-order valence-electron chi connectivity index (χ0n) is 16.3. The molecule has 0 heterocycles. The molecule has 28 heavy (non-hydrogen) atoms. The number of carbonyl (C=O) groups excluding carboxylic acids is 2. The molecule has 1 unspecified atom stereocenters. The molecule has 1 aliphatic carbocycles. The number of Topliss-reactive ketones (excluding diaryl/α,β-unsaturated/α-hetero) is 2. The molecule has 2 aromatic rings. The van der Waals surface area contributed by atoms with Gasteiger partial charge in [0.1, 0.15) is 11.5 Å². The van der Waals surface area contributed by atoms with Gasteiger partial charge in [-0.15, -0.1) is 0 Å². The SMILES string of the molecule is CCc1ccc(-c2ccc(Cl)cc2)cc1C1=C(O)C(C(C)=O)CCCCC1=O. The van der Waals surface area contributed by atoms with E-state index in [0.29, 0.717) is 23.4 Å². The van der Waals surface area contributed by atoms with Crippen molar-refractivity contribution in [1.29, 1.82) is 0 Å². The first kappa shape index (κ1) is 20.3. The molecule has 0 saturated carbocycles. The number of aliphatic hydroxyl groups is 1. The average molecular weight is 397 g/mol. The van der Waals surface area contributed by atoms with Crippen molar-refractivity contribution in [2.45, 2.75) is 46.0 Å². The number of allylic oxidation sites excluding steroid dienone is 2. The Labute approximate surface area is 171 Å². The van der Waals surface area contributed by atoms with E-state index in [1.165, 1.54) is 6.92 Å². The van der Waals surface area contributed by atoms with Crippen LogP contribution >= 0.6 is 11.6 Å². The van der Waals surface area contributed by atoms with E-state index in [1.807, 2.05) is 49.4 Å². The molecule has 0 radical (unpaired) electrons. The van der Waals surface area contributed by atoms with Crippen molar-refractivity contribution in [2.75, 3.05) is 0 Å². The fourth-order valence-corrected chi connectivity index (χ4v) is 3.96. The second-order valence-electron chi connectivity index (χ2n) is 7.32. The van der Waals surface area contributed by atoms with Crippen LogP contribution in [-0.2, 0) is 16.0 Å². The van der Waals surface area contributed by atoms with Crippen LogP contribution in [0.25, 0.3) is 16.7 Å². The van der Waals surface area contributed by atoms with E-state index in [-0.39, 0.29) is 17.3 Å². The highest BCUT2D eigenvalue weighted by atomic mass is 35.5. The zero-order valence-corrected chi connectivity index (χ0v) is 17.1. The molecule has 3 nitrogen and oxygen atoms in total. The van der Waals surface area contributed by atoms with Crippen LogP contribution in [0, 0.1) is 5.92 Å². The number of hydrogen-bond acceptors (Lipinski definition) is 3. The summed E-state index contributed by atoms with van der Waals surface area (Å²) in [6.07, 6.45) is 3.19. The minimum atomic E-state index is -0.608. The minimum Gasteiger partial charge on any atom is -0.511 e. The Bertz CT molecular complexity index is 925. The number of aliphatic hydroxyl groups excluding tert-OH is 1. The van der Waals surface area contributed by atoms with Crippen LogP contribution in [-0.4, -0.2) is 16.7 Å². The van der Waals surface area contributed by atoms with Crippen molar-refractivity contribution >= 4 is 28.7 Å². The lowest BCUT2D eigenvalue weighted by atomic mass is 9.82. The number of carbonyl (C=O) groups is 2. The van der Waals surface area contributed by atoms with Gasteiger partial charge >= 0.3 is 0 Å². The molecule has 146 valence electrons. The lowest BCUT2D eigenvalue weighted by Gasteiger charge is -2.22. The first-order valence-corrected chi connectivity index (χ1v) is 10.2. The van der Waals surface area contributed by atoms with Gasteiger partial charge in [-0.05, 0) is 66.6 Å². The predicted molar refractivity (Wildman–Crippen MR) is 113 cm³/mol. The number of halogens is 1. The third kappa shape index (κ3) is 4.20. The van der Waals surface area contributed by atoms with Crippen molar-refractivity contribution in [3.05, 3.63) is 64.4 Å². The molecule has 0 aliphatic heterocycles. The highest BCUT2D eigenvalue weighted by Gasteiger charge is 2.29. The highest BCUT2D eigenvalue weighted by Crippen LogP contribution is 2.35. The lowest BCUT2D eigenvalue weighted by molar-refractivity contribution is -0.120. The Hall–Kier alpha value is -2.39. The summed E-state index contributed by atoms with van der Waals surface area (Å²) in [4.78, 5) is 25.1. The molecule has 0 fully saturated rings. The molecule has 3 rings (SSSR count). The molecule has 1 atom stereocenters. The molecule has 4 heteroatoms. The molecular weight excluding hydrogens is 372 g/mol. The summed E-state index contributed by atoms with van der Waals surface area (Å²) < 4.78 is 0. The maximum absolute atomic E-state index is 13.0. The van der Waals surface area contributed by atoms with Gasteiger partial charge in [-0.1, -0.05) is 49.2 Å². The van der Waals surface area contributed by atoms with Crippen LogP contribution in [0.3, 0.4) is 0 Å². The van der Waals surface area contributed by atoms with Gasteiger partial charge in [0.2, 0.25) is 0 Å². The molecule has 0 amide bonds. The Balaban J connectivity index is 2.20. The summed E-state index contributed by atoms with van der Waals surface area (Å²) in [7, 11) is 0. The fourth-order valence-electron chi connectivity index (χ4n) is 3.84. The quantitative estimate of drug-likeness (QED) is 0.670. The summed E-state index contributed by atoms with van der Waals surface area (Å²) in [6, 6.07) is 13.5. The third-order valence-electron chi connectivity index (χ3n) is 5.44. The maximum Gasteiger partial charge on any atom is 0.166 e. The number of ketones is 2.